The van der Waals surface area contributed by atoms with Crippen LogP contribution in [0.25, 0.3) is 0 Å². The average Bonchev–Trinajstić information content (AvgIpc) is 2.72. The van der Waals surface area contributed by atoms with E-state index in [0.717, 1.165) is 28.3 Å². The minimum Gasteiger partial charge on any atom is -0.489 e. The first kappa shape index (κ1) is 20.0. The lowest BCUT2D eigenvalue weighted by Gasteiger charge is -2.07. The number of methoxy groups -OCH3 is 1. The molecule has 7 nitrogen and oxygen atoms in total. The van der Waals surface area contributed by atoms with Gasteiger partial charge in [-0.3, -0.25) is 0 Å². The van der Waals surface area contributed by atoms with Crippen LogP contribution in [0, 0.1) is 13.8 Å². The van der Waals surface area contributed by atoms with Crippen molar-refractivity contribution in [1.29, 1.82) is 0 Å². The van der Waals surface area contributed by atoms with Gasteiger partial charge in [-0.2, -0.15) is 5.10 Å². The summed E-state index contributed by atoms with van der Waals surface area (Å²) < 4.78 is 10.5. The van der Waals surface area contributed by atoms with Gasteiger partial charge in [-0.15, -0.1) is 0 Å². The summed E-state index contributed by atoms with van der Waals surface area (Å²) in [5.74, 6) is 0.857. The van der Waals surface area contributed by atoms with E-state index in [0.29, 0.717) is 18.1 Å². The van der Waals surface area contributed by atoms with Crippen LogP contribution in [-0.4, -0.2) is 29.3 Å². The second-order valence-electron chi connectivity index (χ2n) is 6.39. The van der Waals surface area contributed by atoms with E-state index in [1.165, 1.54) is 7.11 Å². The van der Waals surface area contributed by atoms with Crippen molar-refractivity contribution in [2.24, 2.45) is 5.10 Å². The van der Waals surface area contributed by atoms with E-state index in [2.05, 4.69) is 25.2 Å². The predicted octanol–water partition coefficient (Wildman–Crippen LogP) is 3.91. The lowest BCUT2D eigenvalue weighted by molar-refractivity contribution is 0.0600. The molecular weight excluding hydrogens is 368 g/mol. The van der Waals surface area contributed by atoms with Crippen LogP contribution in [0.3, 0.4) is 0 Å². The normalized spacial score (nSPS) is 10.7. The summed E-state index contributed by atoms with van der Waals surface area (Å²) in [4.78, 5) is 20.0. The number of benzene rings is 2. The third-order valence-corrected chi connectivity index (χ3v) is 4.02. The Balaban J connectivity index is 1.52. The van der Waals surface area contributed by atoms with Crippen LogP contribution in [0.4, 0.5) is 5.95 Å². The smallest absolute Gasteiger partial charge is 0.337 e. The predicted molar refractivity (Wildman–Crippen MR) is 111 cm³/mol. The number of esters is 1. The van der Waals surface area contributed by atoms with Crippen molar-refractivity contribution in [2.75, 3.05) is 12.5 Å². The maximum absolute atomic E-state index is 11.4. The van der Waals surface area contributed by atoms with Crippen LogP contribution in [0.1, 0.15) is 32.9 Å². The van der Waals surface area contributed by atoms with Crippen LogP contribution in [0.15, 0.2) is 59.7 Å². The highest BCUT2D eigenvalue weighted by molar-refractivity contribution is 5.89. The minimum atomic E-state index is -0.353. The fourth-order valence-corrected chi connectivity index (χ4v) is 2.61. The number of carbonyl (C=O) groups is 1. The third-order valence-electron chi connectivity index (χ3n) is 4.02. The van der Waals surface area contributed by atoms with E-state index >= 15 is 0 Å². The number of ether oxygens (including phenoxy) is 2. The molecule has 3 rings (SSSR count). The number of hydrazone groups is 1. The van der Waals surface area contributed by atoms with Gasteiger partial charge in [0, 0.05) is 11.4 Å². The van der Waals surface area contributed by atoms with Gasteiger partial charge < -0.3 is 9.47 Å². The zero-order valence-corrected chi connectivity index (χ0v) is 16.5. The van der Waals surface area contributed by atoms with Gasteiger partial charge in [-0.25, -0.2) is 20.2 Å². The van der Waals surface area contributed by atoms with Crippen molar-refractivity contribution in [3.63, 3.8) is 0 Å². The molecule has 0 aliphatic carbocycles. The lowest BCUT2D eigenvalue weighted by Crippen LogP contribution is -2.02. The number of hydrogen-bond acceptors (Lipinski definition) is 7. The molecule has 1 aromatic heterocycles. The summed E-state index contributed by atoms with van der Waals surface area (Å²) in [5, 5.41) is 4.17. The molecule has 0 atom stereocenters. The van der Waals surface area contributed by atoms with Gasteiger partial charge in [0.05, 0.1) is 18.9 Å². The molecule has 0 saturated carbocycles. The molecule has 0 unspecified atom stereocenters. The van der Waals surface area contributed by atoms with Gasteiger partial charge in [0.2, 0.25) is 5.95 Å². The van der Waals surface area contributed by atoms with Gasteiger partial charge in [-0.05, 0) is 67.4 Å². The molecule has 148 valence electrons. The fraction of sp³-hybridized carbons (Fsp3) is 0.182. The van der Waals surface area contributed by atoms with E-state index < -0.39 is 0 Å². The summed E-state index contributed by atoms with van der Waals surface area (Å²) in [6.07, 6.45) is 1.69. The SMILES string of the molecule is COC(=O)c1ccc(COc2ccc(/C=N\Nc3nc(C)cc(C)n3)cc2)cc1. The maximum atomic E-state index is 11.4. The monoisotopic (exact) mass is 390 g/mol. The largest absolute Gasteiger partial charge is 0.489 e. The Kier molecular flexibility index (Phi) is 6.52. The van der Waals surface area contributed by atoms with Crippen molar-refractivity contribution in [3.8, 4) is 5.75 Å². The van der Waals surface area contributed by atoms with Gasteiger partial charge >= 0.3 is 5.97 Å². The number of carbonyl (C=O) groups excluding carboxylic acids is 1. The minimum absolute atomic E-state index is 0.353. The molecule has 0 bridgehead atoms. The molecule has 29 heavy (non-hydrogen) atoms. The molecular formula is C22H22N4O3. The number of aryl methyl sites for hydroxylation is 2. The first-order chi connectivity index (χ1) is 14.0. The summed E-state index contributed by atoms with van der Waals surface area (Å²) in [7, 11) is 1.36. The molecule has 7 heteroatoms. The number of aromatic nitrogens is 2. The van der Waals surface area contributed by atoms with E-state index in [4.69, 9.17) is 4.74 Å². The van der Waals surface area contributed by atoms with Gasteiger partial charge in [0.15, 0.2) is 0 Å². The molecule has 3 aromatic rings. The molecule has 0 aliphatic rings. The Hall–Kier alpha value is -3.74. The second kappa shape index (κ2) is 9.45. The highest BCUT2D eigenvalue weighted by atomic mass is 16.5. The van der Waals surface area contributed by atoms with Crippen LogP contribution < -0.4 is 10.2 Å². The fourth-order valence-electron chi connectivity index (χ4n) is 2.61. The Morgan fingerprint density at radius 2 is 1.69 bits per heavy atom. The summed E-state index contributed by atoms with van der Waals surface area (Å²) in [6.45, 7) is 4.23. The molecule has 0 aliphatic heterocycles. The number of nitrogens with one attached hydrogen (secondary N) is 1. The number of anilines is 1. The molecule has 0 saturated heterocycles. The second-order valence-corrected chi connectivity index (χ2v) is 6.39. The van der Waals surface area contributed by atoms with Crippen molar-refractivity contribution in [2.45, 2.75) is 20.5 Å². The molecule has 2 aromatic carbocycles. The van der Waals surface area contributed by atoms with Gasteiger partial charge in [0.25, 0.3) is 0 Å². The third kappa shape index (κ3) is 5.87. The summed E-state index contributed by atoms with van der Waals surface area (Å²) >= 11 is 0. The molecule has 1 heterocycles. The topological polar surface area (TPSA) is 85.7 Å². The zero-order valence-electron chi connectivity index (χ0n) is 16.5. The van der Waals surface area contributed by atoms with E-state index in [1.54, 1.807) is 18.3 Å². The van der Waals surface area contributed by atoms with Crippen LogP contribution in [0.5, 0.6) is 5.75 Å². The van der Waals surface area contributed by atoms with Gasteiger partial charge in [0.1, 0.15) is 12.4 Å². The van der Waals surface area contributed by atoms with E-state index in [-0.39, 0.29) is 5.97 Å². The first-order valence-corrected chi connectivity index (χ1v) is 9.05. The maximum Gasteiger partial charge on any atom is 0.337 e. The Morgan fingerprint density at radius 3 is 2.31 bits per heavy atom. The standard InChI is InChI=1S/C22H22N4O3/c1-15-12-16(2)25-22(24-15)26-23-13-17-6-10-20(11-7-17)29-14-18-4-8-19(9-5-18)21(27)28-3/h4-13H,14H2,1-3H3,(H,24,25,26)/b23-13-. The van der Waals surface area contributed by atoms with E-state index in [1.807, 2.05) is 56.3 Å². The summed E-state index contributed by atoms with van der Waals surface area (Å²) in [6, 6.07) is 16.6. The van der Waals surface area contributed by atoms with E-state index in [9.17, 15) is 4.79 Å². The van der Waals surface area contributed by atoms with Crippen molar-refractivity contribution >= 4 is 18.1 Å². The van der Waals surface area contributed by atoms with Gasteiger partial charge in [-0.1, -0.05) is 12.1 Å². The number of hydrogen-bond donors (Lipinski definition) is 1. The Bertz CT molecular complexity index is 979. The number of rotatable bonds is 7. The summed E-state index contributed by atoms with van der Waals surface area (Å²) in [5.41, 5.74) is 6.99. The lowest BCUT2D eigenvalue weighted by atomic mass is 10.1. The quantitative estimate of drug-likeness (QED) is 0.374. The Labute approximate surface area is 169 Å². The molecule has 0 radical (unpaired) electrons. The van der Waals surface area contributed by atoms with Crippen molar-refractivity contribution in [1.82, 2.24) is 9.97 Å². The van der Waals surface area contributed by atoms with Crippen LogP contribution in [0.2, 0.25) is 0 Å². The van der Waals surface area contributed by atoms with Crippen LogP contribution >= 0.6 is 0 Å². The van der Waals surface area contributed by atoms with Crippen molar-refractivity contribution in [3.05, 3.63) is 82.7 Å². The van der Waals surface area contributed by atoms with Crippen molar-refractivity contribution < 1.29 is 14.3 Å². The first-order valence-electron chi connectivity index (χ1n) is 9.05. The average molecular weight is 390 g/mol. The molecule has 0 fully saturated rings. The Morgan fingerprint density at radius 1 is 1.03 bits per heavy atom. The zero-order chi connectivity index (χ0) is 20.6. The molecule has 0 spiro atoms. The highest BCUT2D eigenvalue weighted by Crippen LogP contribution is 2.14. The number of nitrogens with zero attached hydrogens (tertiary/aromatic N) is 3. The molecule has 0 amide bonds. The molecule has 1 N–H and O–H groups in total. The van der Waals surface area contributed by atoms with Crippen LogP contribution in [-0.2, 0) is 11.3 Å². The highest BCUT2D eigenvalue weighted by Gasteiger charge is 2.04.